The molecule has 0 saturated carbocycles. The Bertz CT molecular complexity index is 731. The van der Waals surface area contributed by atoms with Gasteiger partial charge in [0.05, 0.1) is 16.7 Å². The van der Waals surface area contributed by atoms with Crippen LogP contribution in [-0.2, 0) is 6.42 Å². The number of hydrogen-bond donors (Lipinski definition) is 0. The van der Waals surface area contributed by atoms with E-state index in [0.717, 1.165) is 34.3 Å². The highest BCUT2D eigenvalue weighted by molar-refractivity contribution is 9.10. The lowest BCUT2D eigenvalue weighted by molar-refractivity contribution is 0.743. The zero-order valence-corrected chi connectivity index (χ0v) is 13.1. The summed E-state index contributed by atoms with van der Waals surface area (Å²) in [6, 6.07) is 16.7. The first-order valence-electron chi connectivity index (χ1n) is 7.02. The second kappa shape index (κ2) is 5.80. The fraction of sp³-hybridized carbons (Fsp3) is 0.235. The van der Waals surface area contributed by atoms with Crippen LogP contribution in [0.15, 0.2) is 53.0 Å². The number of unbranched alkanes of at least 4 members (excludes halogenated alkanes) is 1. The second-order valence-electron chi connectivity index (χ2n) is 4.91. The van der Waals surface area contributed by atoms with Gasteiger partial charge in [0.2, 0.25) is 0 Å². The first kappa shape index (κ1) is 13.4. The Balaban J connectivity index is 2.23. The second-order valence-corrected chi connectivity index (χ2v) is 5.76. The Labute approximate surface area is 127 Å². The van der Waals surface area contributed by atoms with Gasteiger partial charge in [-0.25, -0.2) is 4.98 Å². The van der Waals surface area contributed by atoms with Crippen molar-refractivity contribution in [3.8, 4) is 5.69 Å². The van der Waals surface area contributed by atoms with E-state index >= 15 is 0 Å². The number of imidazole rings is 1. The maximum absolute atomic E-state index is 4.81. The van der Waals surface area contributed by atoms with Gasteiger partial charge in [-0.05, 0) is 46.6 Å². The summed E-state index contributed by atoms with van der Waals surface area (Å²) in [5.41, 5.74) is 3.40. The van der Waals surface area contributed by atoms with Gasteiger partial charge in [0, 0.05) is 10.9 Å². The van der Waals surface area contributed by atoms with Gasteiger partial charge in [-0.2, -0.15) is 0 Å². The molecule has 0 spiro atoms. The van der Waals surface area contributed by atoms with E-state index < -0.39 is 0 Å². The Hall–Kier alpha value is -1.61. The molecular weight excluding hydrogens is 312 g/mol. The molecule has 3 rings (SSSR count). The molecule has 20 heavy (non-hydrogen) atoms. The normalized spacial score (nSPS) is 11.1. The van der Waals surface area contributed by atoms with Gasteiger partial charge in [-0.1, -0.05) is 37.6 Å². The maximum Gasteiger partial charge on any atom is 0.114 e. The minimum Gasteiger partial charge on any atom is -0.295 e. The van der Waals surface area contributed by atoms with Crippen LogP contribution in [0.4, 0.5) is 0 Å². The van der Waals surface area contributed by atoms with Crippen LogP contribution in [0.25, 0.3) is 16.7 Å². The van der Waals surface area contributed by atoms with Crippen molar-refractivity contribution in [1.29, 1.82) is 0 Å². The number of aromatic nitrogens is 2. The monoisotopic (exact) mass is 328 g/mol. The van der Waals surface area contributed by atoms with Gasteiger partial charge < -0.3 is 0 Å². The highest BCUT2D eigenvalue weighted by atomic mass is 79.9. The smallest absolute Gasteiger partial charge is 0.114 e. The number of nitrogens with zero attached hydrogens (tertiary/aromatic N) is 2. The highest BCUT2D eigenvalue weighted by Gasteiger charge is 2.13. The molecule has 2 aromatic carbocycles. The van der Waals surface area contributed by atoms with Crippen LogP contribution in [0.1, 0.15) is 25.6 Å². The summed E-state index contributed by atoms with van der Waals surface area (Å²) in [6.07, 6.45) is 3.35. The minimum absolute atomic E-state index is 1.01. The van der Waals surface area contributed by atoms with Crippen molar-refractivity contribution < 1.29 is 0 Å². The van der Waals surface area contributed by atoms with Crippen LogP contribution in [0.2, 0.25) is 0 Å². The molecule has 0 saturated heterocycles. The summed E-state index contributed by atoms with van der Waals surface area (Å²) in [7, 11) is 0. The zero-order valence-electron chi connectivity index (χ0n) is 11.5. The van der Waals surface area contributed by atoms with Crippen LogP contribution in [0.5, 0.6) is 0 Å². The third-order valence-electron chi connectivity index (χ3n) is 3.48. The van der Waals surface area contributed by atoms with E-state index in [1.165, 1.54) is 11.9 Å². The number of halogens is 1. The Morgan fingerprint density at radius 1 is 1.05 bits per heavy atom. The lowest BCUT2D eigenvalue weighted by Gasteiger charge is -2.11. The highest BCUT2D eigenvalue weighted by Crippen LogP contribution is 2.27. The van der Waals surface area contributed by atoms with Gasteiger partial charge >= 0.3 is 0 Å². The maximum atomic E-state index is 4.81. The van der Waals surface area contributed by atoms with Crippen molar-refractivity contribution in [2.45, 2.75) is 26.2 Å². The van der Waals surface area contributed by atoms with Gasteiger partial charge in [-0.15, -0.1) is 0 Å². The van der Waals surface area contributed by atoms with Crippen LogP contribution in [-0.4, -0.2) is 9.55 Å². The van der Waals surface area contributed by atoms with E-state index in [2.05, 4.69) is 63.8 Å². The van der Waals surface area contributed by atoms with E-state index in [0.29, 0.717) is 0 Å². The molecular formula is C17H17BrN2. The van der Waals surface area contributed by atoms with Crippen molar-refractivity contribution in [1.82, 2.24) is 9.55 Å². The third-order valence-corrected chi connectivity index (χ3v) is 4.15. The van der Waals surface area contributed by atoms with Crippen molar-refractivity contribution in [2.24, 2.45) is 0 Å². The molecule has 102 valence electrons. The third kappa shape index (κ3) is 2.38. The standard InChI is InChI=1S/C17H17BrN2/c1-2-3-12-17-19-14-9-5-7-11-16(14)20(17)15-10-6-4-8-13(15)18/h4-11H,2-3,12H2,1H3. The number of fused-ring (bicyclic) bond motifs is 1. The van der Waals surface area contributed by atoms with Crippen LogP contribution >= 0.6 is 15.9 Å². The molecule has 0 amide bonds. The lowest BCUT2D eigenvalue weighted by Crippen LogP contribution is -2.02. The number of para-hydroxylation sites is 3. The van der Waals surface area contributed by atoms with Crippen LogP contribution < -0.4 is 0 Å². The van der Waals surface area contributed by atoms with Gasteiger partial charge in [0.15, 0.2) is 0 Å². The minimum atomic E-state index is 1.01. The Kier molecular flexibility index (Phi) is 3.88. The Morgan fingerprint density at radius 2 is 1.80 bits per heavy atom. The quantitative estimate of drug-likeness (QED) is 0.649. The predicted octanol–water partition coefficient (Wildman–Crippen LogP) is 5.13. The van der Waals surface area contributed by atoms with Crippen molar-refractivity contribution in [3.63, 3.8) is 0 Å². The molecule has 0 radical (unpaired) electrons. The SMILES string of the molecule is CCCCc1nc2ccccc2n1-c1ccccc1Br. The molecule has 0 fully saturated rings. The van der Waals surface area contributed by atoms with Crippen molar-refractivity contribution in [3.05, 3.63) is 58.8 Å². The van der Waals surface area contributed by atoms with Crippen LogP contribution in [0.3, 0.4) is 0 Å². The molecule has 3 heteroatoms. The van der Waals surface area contributed by atoms with E-state index in [-0.39, 0.29) is 0 Å². The summed E-state index contributed by atoms with van der Waals surface area (Å²) in [5.74, 6) is 1.14. The average molecular weight is 329 g/mol. The molecule has 0 atom stereocenters. The summed E-state index contributed by atoms with van der Waals surface area (Å²) < 4.78 is 3.37. The lowest BCUT2D eigenvalue weighted by atomic mass is 10.2. The van der Waals surface area contributed by atoms with Crippen LogP contribution in [0, 0.1) is 0 Å². The summed E-state index contributed by atoms with van der Waals surface area (Å²) in [6.45, 7) is 2.21. The molecule has 0 unspecified atom stereocenters. The van der Waals surface area contributed by atoms with Gasteiger partial charge in [0.25, 0.3) is 0 Å². The summed E-state index contributed by atoms with van der Waals surface area (Å²) in [4.78, 5) is 4.81. The molecule has 2 nitrogen and oxygen atoms in total. The van der Waals surface area contributed by atoms with E-state index in [1.807, 2.05) is 12.1 Å². The molecule has 1 aromatic heterocycles. The predicted molar refractivity (Wildman–Crippen MR) is 87.4 cm³/mol. The molecule has 0 aliphatic heterocycles. The van der Waals surface area contributed by atoms with Crippen molar-refractivity contribution >= 4 is 27.0 Å². The molecule has 0 bridgehead atoms. The molecule has 0 aliphatic carbocycles. The first-order valence-corrected chi connectivity index (χ1v) is 7.82. The summed E-state index contributed by atoms with van der Waals surface area (Å²) >= 11 is 3.66. The number of rotatable bonds is 4. The first-order chi connectivity index (χ1) is 9.81. The number of benzene rings is 2. The summed E-state index contributed by atoms with van der Waals surface area (Å²) in [5, 5.41) is 0. The fourth-order valence-electron chi connectivity index (χ4n) is 2.48. The molecule has 0 aliphatic rings. The van der Waals surface area contributed by atoms with E-state index in [4.69, 9.17) is 4.98 Å². The van der Waals surface area contributed by atoms with Gasteiger partial charge in [0.1, 0.15) is 5.82 Å². The largest absolute Gasteiger partial charge is 0.295 e. The Morgan fingerprint density at radius 3 is 2.60 bits per heavy atom. The number of hydrogen-bond acceptors (Lipinski definition) is 1. The van der Waals surface area contributed by atoms with E-state index in [9.17, 15) is 0 Å². The van der Waals surface area contributed by atoms with E-state index in [1.54, 1.807) is 0 Å². The molecule has 3 aromatic rings. The number of aryl methyl sites for hydroxylation is 1. The molecule has 1 heterocycles. The zero-order chi connectivity index (χ0) is 13.9. The average Bonchev–Trinajstić information content (AvgIpc) is 2.84. The van der Waals surface area contributed by atoms with Gasteiger partial charge in [-0.3, -0.25) is 4.57 Å². The fourth-order valence-corrected chi connectivity index (χ4v) is 2.94. The topological polar surface area (TPSA) is 17.8 Å². The molecule has 0 N–H and O–H groups in total. The van der Waals surface area contributed by atoms with Crippen molar-refractivity contribution in [2.75, 3.05) is 0 Å².